The van der Waals surface area contributed by atoms with Crippen molar-refractivity contribution in [2.45, 2.75) is 45.3 Å². The number of aliphatic hydroxyl groups excluding tert-OH is 1. The lowest BCUT2D eigenvalue weighted by molar-refractivity contribution is 0.0694. The van der Waals surface area contributed by atoms with E-state index >= 15 is 0 Å². The van der Waals surface area contributed by atoms with E-state index in [9.17, 15) is 5.11 Å². The highest BCUT2D eigenvalue weighted by atomic mass is 16.3. The molecule has 0 amide bonds. The average Bonchev–Trinajstić information content (AvgIpc) is 2.34. The van der Waals surface area contributed by atoms with Crippen LogP contribution in [-0.4, -0.2) is 22.7 Å². The topological polar surface area (TPSA) is 45.1 Å². The lowest BCUT2D eigenvalue weighted by Gasteiger charge is -2.27. The molecule has 1 aromatic rings. The third kappa shape index (κ3) is 3.79. The van der Waals surface area contributed by atoms with E-state index in [0.29, 0.717) is 5.92 Å². The zero-order valence-corrected chi connectivity index (χ0v) is 10.5. The average molecular weight is 234 g/mol. The minimum Gasteiger partial charge on any atom is -0.393 e. The van der Waals surface area contributed by atoms with Crippen LogP contribution in [0.25, 0.3) is 0 Å². The highest BCUT2D eigenvalue weighted by Gasteiger charge is 2.22. The Bertz CT molecular complexity index is 337. The van der Waals surface area contributed by atoms with Gasteiger partial charge in [-0.25, -0.2) is 0 Å². The van der Waals surface area contributed by atoms with Crippen LogP contribution < -0.4 is 5.32 Å². The number of aromatic nitrogens is 1. The zero-order chi connectivity index (χ0) is 12.1. The van der Waals surface area contributed by atoms with Gasteiger partial charge in [0.2, 0.25) is 0 Å². The monoisotopic (exact) mass is 234 g/mol. The smallest absolute Gasteiger partial charge is 0.0580 e. The molecule has 3 heteroatoms. The van der Waals surface area contributed by atoms with Crippen molar-refractivity contribution in [3.63, 3.8) is 0 Å². The number of rotatable bonds is 4. The maximum atomic E-state index is 9.85. The standard InChI is InChI=1S/C14H22N2O/c1-11-6-7-13(16-8-11)10-15-9-12-4-2-3-5-14(12)17/h6-8,12,14-15,17H,2-5,9-10H2,1H3. The molecule has 2 unspecified atom stereocenters. The van der Waals surface area contributed by atoms with Gasteiger partial charge in [-0.15, -0.1) is 0 Å². The maximum absolute atomic E-state index is 9.85. The van der Waals surface area contributed by atoms with E-state index in [2.05, 4.69) is 22.4 Å². The number of hydrogen-bond acceptors (Lipinski definition) is 3. The van der Waals surface area contributed by atoms with Crippen molar-refractivity contribution in [2.24, 2.45) is 5.92 Å². The van der Waals surface area contributed by atoms with Gasteiger partial charge in [-0.2, -0.15) is 0 Å². The number of aliphatic hydroxyl groups is 1. The predicted octanol–water partition coefficient (Wildman–Crippen LogP) is 2.03. The number of nitrogens with one attached hydrogen (secondary N) is 1. The molecular weight excluding hydrogens is 212 g/mol. The molecule has 17 heavy (non-hydrogen) atoms. The summed E-state index contributed by atoms with van der Waals surface area (Å²) in [4.78, 5) is 4.35. The van der Waals surface area contributed by atoms with Gasteiger partial charge >= 0.3 is 0 Å². The number of nitrogens with zero attached hydrogens (tertiary/aromatic N) is 1. The normalized spacial score (nSPS) is 24.8. The quantitative estimate of drug-likeness (QED) is 0.838. The Morgan fingerprint density at radius 1 is 1.35 bits per heavy atom. The van der Waals surface area contributed by atoms with Crippen LogP contribution in [0.3, 0.4) is 0 Å². The lowest BCUT2D eigenvalue weighted by atomic mass is 9.86. The van der Waals surface area contributed by atoms with Gasteiger partial charge in [-0.05, 0) is 37.3 Å². The van der Waals surface area contributed by atoms with Gasteiger partial charge in [-0.1, -0.05) is 18.9 Å². The van der Waals surface area contributed by atoms with E-state index in [1.165, 1.54) is 18.4 Å². The molecule has 1 aliphatic carbocycles. The van der Waals surface area contributed by atoms with Crippen molar-refractivity contribution in [3.05, 3.63) is 29.6 Å². The molecule has 0 aliphatic heterocycles. The van der Waals surface area contributed by atoms with Crippen LogP contribution in [0.15, 0.2) is 18.3 Å². The second-order valence-corrected chi connectivity index (χ2v) is 5.07. The Labute approximate surface area is 103 Å². The summed E-state index contributed by atoms with van der Waals surface area (Å²) in [7, 11) is 0. The molecule has 0 aromatic carbocycles. The van der Waals surface area contributed by atoms with Crippen molar-refractivity contribution in [3.8, 4) is 0 Å². The van der Waals surface area contributed by atoms with Gasteiger partial charge in [0.25, 0.3) is 0 Å². The van der Waals surface area contributed by atoms with E-state index in [0.717, 1.165) is 31.6 Å². The molecule has 2 rings (SSSR count). The first kappa shape index (κ1) is 12.5. The number of hydrogen-bond donors (Lipinski definition) is 2. The van der Waals surface area contributed by atoms with Gasteiger partial charge in [-0.3, -0.25) is 4.98 Å². The fourth-order valence-corrected chi connectivity index (χ4v) is 2.41. The largest absolute Gasteiger partial charge is 0.393 e. The molecule has 2 N–H and O–H groups in total. The summed E-state index contributed by atoms with van der Waals surface area (Å²) in [5, 5.41) is 13.2. The fraction of sp³-hybridized carbons (Fsp3) is 0.643. The van der Waals surface area contributed by atoms with Crippen molar-refractivity contribution in [2.75, 3.05) is 6.54 Å². The summed E-state index contributed by atoms with van der Waals surface area (Å²) in [6.07, 6.45) is 6.34. The van der Waals surface area contributed by atoms with Gasteiger partial charge in [0.15, 0.2) is 0 Å². The summed E-state index contributed by atoms with van der Waals surface area (Å²) >= 11 is 0. The van der Waals surface area contributed by atoms with Gasteiger partial charge < -0.3 is 10.4 Å². The Balaban J connectivity index is 1.73. The van der Waals surface area contributed by atoms with E-state index < -0.39 is 0 Å². The van der Waals surface area contributed by atoms with Crippen molar-refractivity contribution in [1.29, 1.82) is 0 Å². The minimum absolute atomic E-state index is 0.109. The molecular formula is C14H22N2O. The Kier molecular flexibility index (Phi) is 4.51. The van der Waals surface area contributed by atoms with E-state index in [1.807, 2.05) is 13.1 Å². The molecule has 3 nitrogen and oxygen atoms in total. The molecule has 1 heterocycles. The molecule has 94 valence electrons. The predicted molar refractivity (Wildman–Crippen MR) is 68.6 cm³/mol. The Morgan fingerprint density at radius 2 is 2.18 bits per heavy atom. The van der Waals surface area contributed by atoms with E-state index in [4.69, 9.17) is 0 Å². The van der Waals surface area contributed by atoms with Crippen LogP contribution in [0.1, 0.15) is 36.9 Å². The fourth-order valence-electron chi connectivity index (χ4n) is 2.41. The third-order valence-corrected chi connectivity index (χ3v) is 3.55. The van der Waals surface area contributed by atoms with Crippen LogP contribution in [0.2, 0.25) is 0 Å². The summed E-state index contributed by atoms with van der Waals surface area (Å²) in [6.45, 7) is 3.74. The highest BCUT2D eigenvalue weighted by molar-refractivity contribution is 5.11. The summed E-state index contributed by atoms with van der Waals surface area (Å²) in [5.74, 6) is 0.425. The summed E-state index contributed by atoms with van der Waals surface area (Å²) < 4.78 is 0. The first-order valence-corrected chi connectivity index (χ1v) is 6.56. The van der Waals surface area contributed by atoms with Crippen LogP contribution in [0.5, 0.6) is 0 Å². The highest BCUT2D eigenvalue weighted by Crippen LogP contribution is 2.23. The van der Waals surface area contributed by atoms with Gasteiger partial charge in [0.1, 0.15) is 0 Å². The van der Waals surface area contributed by atoms with Crippen LogP contribution in [0.4, 0.5) is 0 Å². The summed E-state index contributed by atoms with van der Waals surface area (Å²) in [5.41, 5.74) is 2.26. The number of pyridine rings is 1. The molecule has 2 atom stereocenters. The van der Waals surface area contributed by atoms with Crippen molar-refractivity contribution >= 4 is 0 Å². The summed E-state index contributed by atoms with van der Waals surface area (Å²) in [6, 6.07) is 4.14. The molecule has 1 fully saturated rings. The Morgan fingerprint density at radius 3 is 2.88 bits per heavy atom. The SMILES string of the molecule is Cc1ccc(CNCC2CCCCC2O)nc1. The number of aryl methyl sites for hydroxylation is 1. The van der Waals surface area contributed by atoms with Gasteiger partial charge in [0.05, 0.1) is 11.8 Å². The van der Waals surface area contributed by atoms with Crippen LogP contribution in [-0.2, 0) is 6.54 Å². The Hall–Kier alpha value is -0.930. The first-order valence-electron chi connectivity index (χ1n) is 6.56. The van der Waals surface area contributed by atoms with Crippen LogP contribution >= 0.6 is 0 Å². The van der Waals surface area contributed by atoms with Gasteiger partial charge in [0, 0.05) is 19.3 Å². The van der Waals surface area contributed by atoms with E-state index in [1.54, 1.807) is 0 Å². The third-order valence-electron chi connectivity index (χ3n) is 3.55. The zero-order valence-electron chi connectivity index (χ0n) is 10.5. The molecule has 0 radical (unpaired) electrons. The van der Waals surface area contributed by atoms with Crippen molar-refractivity contribution in [1.82, 2.24) is 10.3 Å². The maximum Gasteiger partial charge on any atom is 0.0580 e. The van der Waals surface area contributed by atoms with E-state index in [-0.39, 0.29) is 6.10 Å². The molecule has 1 aromatic heterocycles. The molecule has 0 spiro atoms. The van der Waals surface area contributed by atoms with Crippen molar-refractivity contribution < 1.29 is 5.11 Å². The second kappa shape index (κ2) is 6.12. The molecule has 1 saturated carbocycles. The van der Waals surface area contributed by atoms with Crippen LogP contribution in [0, 0.1) is 12.8 Å². The molecule has 0 saturated heterocycles. The molecule has 1 aliphatic rings. The molecule has 0 bridgehead atoms. The lowest BCUT2D eigenvalue weighted by Crippen LogP contribution is -2.33. The minimum atomic E-state index is -0.109. The second-order valence-electron chi connectivity index (χ2n) is 5.07. The first-order chi connectivity index (χ1) is 8.25.